The Morgan fingerprint density at radius 2 is 2.33 bits per heavy atom. The maximum atomic E-state index is 12.2. The number of amides is 1. The zero-order valence-corrected chi connectivity index (χ0v) is 10.9. The predicted molar refractivity (Wildman–Crippen MR) is 71.5 cm³/mol. The van der Waals surface area contributed by atoms with Gasteiger partial charge in [-0.05, 0) is 30.6 Å². The van der Waals surface area contributed by atoms with Gasteiger partial charge in [-0.3, -0.25) is 10.1 Å². The smallest absolute Gasteiger partial charge is 0.249 e. The molecule has 2 heterocycles. The van der Waals surface area contributed by atoms with Crippen molar-refractivity contribution in [3.63, 3.8) is 0 Å². The van der Waals surface area contributed by atoms with E-state index in [1.165, 1.54) is 6.33 Å². The molecule has 1 amide bonds. The molecule has 2 N–H and O–H groups in total. The molecule has 0 aromatic carbocycles. The van der Waals surface area contributed by atoms with Crippen LogP contribution in [0, 0.1) is 0 Å². The monoisotopic (exact) mass is 265 g/mol. The van der Waals surface area contributed by atoms with E-state index in [0.717, 1.165) is 12.2 Å². The van der Waals surface area contributed by atoms with Crippen LogP contribution >= 0.6 is 11.8 Å². The highest BCUT2D eigenvalue weighted by atomic mass is 32.2. The van der Waals surface area contributed by atoms with Crippen LogP contribution in [0.3, 0.4) is 0 Å². The summed E-state index contributed by atoms with van der Waals surface area (Å²) in [6.45, 7) is 0. The fourth-order valence-corrected chi connectivity index (χ4v) is 2.13. The fraction of sp³-hybridized carbons (Fsp3) is 0.364. The second-order valence-electron chi connectivity index (χ2n) is 3.75. The lowest BCUT2D eigenvalue weighted by Crippen LogP contribution is -2.26. The summed E-state index contributed by atoms with van der Waals surface area (Å²) in [6, 6.07) is 3.60. The Kier molecular flexibility index (Phi) is 4.40. The van der Waals surface area contributed by atoms with Gasteiger partial charge < -0.3 is 4.57 Å². The van der Waals surface area contributed by atoms with E-state index in [9.17, 15) is 4.79 Å². The highest BCUT2D eigenvalue weighted by Gasteiger charge is 2.19. The van der Waals surface area contributed by atoms with Gasteiger partial charge in [0.25, 0.3) is 0 Å². The molecular weight excluding hydrogens is 250 g/mol. The first kappa shape index (κ1) is 12.7. The van der Waals surface area contributed by atoms with Crippen molar-refractivity contribution in [2.45, 2.75) is 12.5 Å². The third kappa shape index (κ3) is 3.13. The summed E-state index contributed by atoms with van der Waals surface area (Å²) in [6.07, 6.45) is 7.95. The van der Waals surface area contributed by atoms with Crippen molar-refractivity contribution in [2.24, 2.45) is 0 Å². The lowest BCUT2D eigenvalue weighted by Gasteiger charge is -2.17. The summed E-state index contributed by atoms with van der Waals surface area (Å²) in [5.74, 6) is 1.21. The quantitative estimate of drug-likeness (QED) is 0.830. The van der Waals surface area contributed by atoms with Gasteiger partial charge in [0, 0.05) is 12.4 Å². The highest BCUT2D eigenvalue weighted by molar-refractivity contribution is 7.98. The molecule has 0 radical (unpaired) electrons. The van der Waals surface area contributed by atoms with Gasteiger partial charge in [0.05, 0.1) is 0 Å². The number of nitrogens with zero attached hydrogens (tertiary/aromatic N) is 3. The Hall–Kier alpha value is -1.76. The molecule has 1 atom stereocenters. The van der Waals surface area contributed by atoms with Crippen molar-refractivity contribution in [3.05, 3.63) is 30.9 Å². The number of rotatable bonds is 6. The molecule has 0 unspecified atom stereocenters. The van der Waals surface area contributed by atoms with Gasteiger partial charge in [0.2, 0.25) is 11.9 Å². The second-order valence-corrected chi connectivity index (χ2v) is 4.74. The molecule has 0 aliphatic heterocycles. The molecule has 0 aliphatic rings. The number of aromatic nitrogens is 4. The van der Waals surface area contributed by atoms with E-state index in [2.05, 4.69) is 20.5 Å². The third-order valence-electron chi connectivity index (χ3n) is 2.54. The van der Waals surface area contributed by atoms with E-state index in [1.54, 1.807) is 11.8 Å². The fourth-order valence-electron chi connectivity index (χ4n) is 1.67. The SMILES string of the molecule is CSCC[C@@H](C(=O)Nc1ncn[nH]1)n1cccc1. The average Bonchev–Trinajstić information content (AvgIpc) is 3.02. The summed E-state index contributed by atoms with van der Waals surface area (Å²) in [5, 5.41) is 9.04. The van der Waals surface area contributed by atoms with Crippen LogP contribution in [-0.4, -0.2) is 37.7 Å². The number of hydrogen-bond acceptors (Lipinski definition) is 4. The van der Waals surface area contributed by atoms with Crippen molar-refractivity contribution in [2.75, 3.05) is 17.3 Å². The Morgan fingerprint density at radius 1 is 1.56 bits per heavy atom. The van der Waals surface area contributed by atoms with Crippen LogP contribution in [0.5, 0.6) is 0 Å². The number of aromatic amines is 1. The van der Waals surface area contributed by atoms with Gasteiger partial charge in [-0.25, -0.2) is 5.10 Å². The number of nitrogens with one attached hydrogen (secondary N) is 2. The number of hydrogen-bond donors (Lipinski definition) is 2. The normalized spacial score (nSPS) is 12.3. The Morgan fingerprint density at radius 3 is 2.94 bits per heavy atom. The van der Waals surface area contributed by atoms with E-state index < -0.39 is 0 Å². The molecule has 0 bridgehead atoms. The summed E-state index contributed by atoms with van der Waals surface area (Å²) in [5.41, 5.74) is 0. The minimum Gasteiger partial charge on any atom is -0.342 e. The molecule has 0 saturated carbocycles. The van der Waals surface area contributed by atoms with Crippen LogP contribution in [0.25, 0.3) is 0 Å². The van der Waals surface area contributed by atoms with Gasteiger partial charge in [0.1, 0.15) is 12.4 Å². The number of carbonyl (C=O) groups is 1. The standard InChI is InChI=1S/C11H15N5OS/c1-18-7-4-9(16-5-2-3-6-16)10(17)14-11-12-8-13-15-11/h2-3,5-6,8-9H,4,7H2,1H3,(H2,12,13,14,15,17)/t9-/m0/s1. The maximum absolute atomic E-state index is 12.2. The number of thioether (sulfide) groups is 1. The summed E-state index contributed by atoms with van der Waals surface area (Å²) in [4.78, 5) is 16.1. The molecule has 0 saturated heterocycles. The molecule has 0 aliphatic carbocycles. The molecule has 2 rings (SSSR count). The largest absolute Gasteiger partial charge is 0.342 e. The lowest BCUT2D eigenvalue weighted by atomic mass is 10.2. The van der Waals surface area contributed by atoms with Crippen LogP contribution in [-0.2, 0) is 4.79 Å². The van der Waals surface area contributed by atoms with Crippen LogP contribution in [0.1, 0.15) is 12.5 Å². The number of H-pyrrole nitrogens is 1. The first-order valence-corrected chi connectivity index (χ1v) is 6.98. The number of carbonyl (C=O) groups excluding carboxylic acids is 1. The highest BCUT2D eigenvalue weighted by Crippen LogP contribution is 2.16. The lowest BCUT2D eigenvalue weighted by molar-refractivity contribution is -0.119. The van der Waals surface area contributed by atoms with E-state index in [4.69, 9.17) is 0 Å². The van der Waals surface area contributed by atoms with E-state index in [0.29, 0.717) is 5.95 Å². The molecule has 7 heteroatoms. The second kappa shape index (κ2) is 6.25. The third-order valence-corrected chi connectivity index (χ3v) is 3.19. The zero-order chi connectivity index (χ0) is 12.8. The number of anilines is 1. The summed E-state index contributed by atoms with van der Waals surface area (Å²) < 4.78 is 1.90. The average molecular weight is 265 g/mol. The summed E-state index contributed by atoms with van der Waals surface area (Å²) >= 11 is 1.72. The Bertz CT molecular complexity index is 468. The van der Waals surface area contributed by atoms with Gasteiger partial charge >= 0.3 is 0 Å². The van der Waals surface area contributed by atoms with Crippen molar-refractivity contribution in [1.82, 2.24) is 19.7 Å². The van der Waals surface area contributed by atoms with Gasteiger partial charge in [-0.2, -0.15) is 21.8 Å². The van der Waals surface area contributed by atoms with Crippen LogP contribution < -0.4 is 5.32 Å². The molecule has 6 nitrogen and oxygen atoms in total. The molecule has 2 aromatic heterocycles. The van der Waals surface area contributed by atoms with E-state index >= 15 is 0 Å². The molecular formula is C11H15N5OS. The zero-order valence-electron chi connectivity index (χ0n) is 10.0. The Labute approximate surface area is 109 Å². The van der Waals surface area contributed by atoms with E-state index in [-0.39, 0.29) is 11.9 Å². The first-order valence-electron chi connectivity index (χ1n) is 5.59. The molecule has 2 aromatic rings. The minimum atomic E-state index is -0.224. The van der Waals surface area contributed by atoms with E-state index in [1.807, 2.05) is 35.3 Å². The predicted octanol–water partition coefficient (Wildman–Crippen LogP) is 1.54. The minimum absolute atomic E-state index is 0.0861. The van der Waals surface area contributed by atoms with Crippen LogP contribution in [0.15, 0.2) is 30.9 Å². The summed E-state index contributed by atoms with van der Waals surface area (Å²) in [7, 11) is 0. The topological polar surface area (TPSA) is 75.6 Å². The van der Waals surface area contributed by atoms with Crippen molar-refractivity contribution in [1.29, 1.82) is 0 Å². The molecule has 0 fully saturated rings. The van der Waals surface area contributed by atoms with Crippen molar-refractivity contribution >= 4 is 23.6 Å². The molecule has 18 heavy (non-hydrogen) atoms. The van der Waals surface area contributed by atoms with Gasteiger partial charge in [-0.15, -0.1) is 0 Å². The molecule has 0 spiro atoms. The van der Waals surface area contributed by atoms with Gasteiger partial charge in [-0.1, -0.05) is 0 Å². The maximum Gasteiger partial charge on any atom is 0.249 e. The van der Waals surface area contributed by atoms with Crippen LogP contribution in [0.2, 0.25) is 0 Å². The molecule has 96 valence electrons. The van der Waals surface area contributed by atoms with Crippen molar-refractivity contribution in [3.8, 4) is 0 Å². The first-order chi connectivity index (χ1) is 8.81. The van der Waals surface area contributed by atoms with Gasteiger partial charge in [0.15, 0.2) is 0 Å². The van der Waals surface area contributed by atoms with Crippen LogP contribution in [0.4, 0.5) is 5.95 Å². The van der Waals surface area contributed by atoms with Crippen molar-refractivity contribution < 1.29 is 4.79 Å². The Balaban J connectivity index is 2.06.